The monoisotopic (exact) mass is 689 g/mol. The third-order valence-electron chi connectivity index (χ3n) is 5.99. The van der Waals surface area contributed by atoms with Crippen LogP contribution in [0.4, 0.5) is 25.2 Å². The molecule has 0 radical (unpaired) electrons. The number of hydrogen-bond acceptors (Lipinski definition) is 10. The van der Waals surface area contributed by atoms with Gasteiger partial charge in [0.15, 0.2) is 17.8 Å². The van der Waals surface area contributed by atoms with Crippen LogP contribution in [-0.2, 0) is 18.4 Å². The highest BCUT2D eigenvalue weighted by Crippen LogP contribution is 3.02. The lowest BCUT2D eigenvalue weighted by Gasteiger charge is -2.40. The molecule has 42 heavy (non-hydrogen) atoms. The van der Waals surface area contributed by atoms with Gasteiger partial charge in [-0.1, -0.05) is 31.6 Å². The number of nitrogens with zero attached hydrogens (tertiary/aromatic N) is 4. The molecule has 0 aliphatic carbocycles. The number of fused-ring (bicyclic) bond motifs is 1. The van der Waals surface area contributed by atoms with Crippen LogP contribution < -0.4 is 5.32 Å². The van der Waals surface area contributed by atoms with Crippen molar-refractivity contribution in [3.05, 3.63) is 41.3 Å². The first-order chi connectivity index (χ1) is 18.9. The van der Waals surface area contributed by atoms with Gasteiger partial charge in [-0.15, -0.1) is 0 Å². The van der Waals surface area contributed by atoms with Gasteiger partial charge < -0.3 is 39.5 Å². The van der Waals surface area contributed by atoms with Crippen LogP contribution in [0.15, 0.2) is 35.4 Å². The Kier molecular flexibility index (Phi) is 8.08. The molecule has 236 valence electrons. The van der Waals surface area contributed by atoms with Gasteiger partial charge in [-0.25, -0.2) is 4.68 Å². The van der Waals surface area contributed by atoms with Crippen LogP contribution in [0.1, 0.15) is 24.8 Å². The minimum Gasteiger partial charge on any atom is -0.387 e. The summed E-state index contributed by atoms with van der Waals surface area (Å²) in [4.78, 5) is 33.4. The molecule has 1 aliphatic rings. The molecule has 5 unspecified atom stereocenters. The first kappa shape index (κ1) is 32.9. The van der Waals surface area contributed by atoms with E-state index in [1.165, 1.54) is 13.1 Å². The fourth-order valence-electron chi connectivity index (χ4n) is 4.03. The second-order valence-corrected chi connectivity index (χ2v) is 16.1. The zero-order chi connectivity index (χ0) is 31.5. The minimum absolute atomic E-state index is 0.00659. The van der Waals surface area contributed by atoms with Gasteiger partial charge in [-0.2, -0.15) is 15.1 Å². The number of benzene rings is 1. The first-order valence-electron chi connectivity index (χ1n) is 11.5. The van der Waals surface area contributed by atoms with E-state index in [4.69, 9.17) is 26.1 Å². The number of ether oxygens (including phenoxy) is 1. The Morgan fingerprint density at radius 3 is 2.29 bits per heavy atom. The van der Waals surface area contributed by atoms with Crippen LogP contribution in [0.25, 0.3) is 11.0 Å². The predicted molar refractivity (Wildman–Crippen MR) is 139 cm³/mol. The highest BCUT2D eigenvalue weighted by atomic mass is 35.5. The van der Waals surface area contributed by atoms with Gasteiger partial charge in [0.05, 0.1) is 18.2 Å². The molecule has 23 heteroatoms. The number of anilines is 1. The van der Waals surface area contributed by atoms with E-state index in [1.807, 2.05) is 0 Å². The molecule has 1 fully saturated rings. The summed E-state index contributed by atoms with van der Waals surface area (Å²) in [5.74, 6) is -1.48. The quantitative estimate of drug-likeness (QED) is 0.1000. The van der Waals surface area contributed by atoms with Gasteiger partial charge in [0.1, 0.15) is 29.0 Å². The van der Waals surface area contributed by atoms with E-state index in [9.17, 15) is 43.7 Å². The average Bonchev–Trinajstić information content (AvgIpc) is 3.35. The fraction of sp³-hybridized carbons (Fsp3) is 0.421. The third kappa shape index (κ3) is 7.57. The Hall–Kier alpha value is -1.96. The number of halogens is 6. The molecule has 2 aromatic heterocycles. The summed E-state index contributed by atoms with van der Waals surface area (Å²) in [5.41, 5.74) is 0.115. The van der Waals surface area contributed by atoms with Crippen LogP contribution in [0.2, 0.25) is 5.28 Å². The van der Waals surface area contributed by atoms with Crippen LogP contribution in [0, 0.1) is 0 Å². The summed E-state index contributed by atoms with van der Waals surface area (Å²) in [6, 6.07) is 1.47. The van der Waals surface area contributed by atoms with Crippen LogP contribution in [0.3, 0.4) is 0 Å². The molecule has 1 aliphatic heterocycles. The number of aliphatic hydroxyl groups is 2. The van der Waals surface area contributed by atoms with Crippen LogP contribution in [0.5, 0.6) is 0 Å². The van der Waals surface area contributed by atoms with E-state index < -0.39 is 73.4 Å². The zero-order valence-corrected chi connectivity index (χ0v) is 24.3. The molecule has 0 amide bonds. The summed E-state index contributed by atoms with van der Waals surface area (Å²) in [5, 5.41) is 27.6. The summed E-state index contributed by atoms with van der Waals surface area (Å²) in [6.07, 6.45) is -5.15. The molecule has 3 heterocycles. The van der Waals surface area contributed by atoms with Crippen molar-refractivity contribution in [2.24, 2.45) is 0 Å². The van der Waals surface area contributed by atoms with Crippen LogP contribution >= 0.6 is 37.0 Å². The van der Waals surface area contributed by atoms with Crippen molar-refractivity contribution in [1.82, 2.24) is 19.7 Å². The molecule has 4 rings (SSSR count). The zero-order valence-electron chi connectivity index (χ0n) is 20.9. The van der Waals surface area contributed by atoms with Crippen molar-refractivity contribution in [3.8, 4) is 0 Å². The van der Waals surface area contributed by atoms with E-state index in [2.05, 4.69) is 24.9 Å². The Labute approximate surface area is 237 Å². The third-order valence-corrected chi connectivity index (χ3v) is 10.8. The second-order valence-electron chi connectivity index (χ2n) is 9.36. The predicted octanol–water partition coefficient (Wildman–Crippen LogP) is 4.27. The topological polar surface area (TPSA) is 209 Å². The second kappa shape index (κ2) is 10.3. The smallest absolute Gasteiger partial charge is 0.340 e. The highest BCUT2D eigenvalue weighted by Gasteiger charge is 2.65. The maximum atomic E-state index is 13.0. The van der Waals surface area contributed by atoms with Gasteiger partial charge in [0.2, 0.25) is 5.28 Å². The molecule has 14 nitrogen and oxygen atoms in total. The minimum atomic E-state index is -9.86. The fourth-order valence-corrected chi connectivity index (χ4v) is 7.41. The Morgan fingerprint density at radius 2 is 1.71 bits per heavy atom. The Balaban J connectivity index is 1.55. The van der Waals surface area contributed by atoms with Crippen molar-refractivity contribution >= 4 is 53.9 Å². The molecule has 6 N–H and O–H groups in total. The number of nitrogens with one attached hydrogen (secondary N) is 1. The molecule has 1 aromatic carbocycles. The van der Waals surface area contributed by atoms with Crippen molar-refractivity contribution in [1.29, 1.82) is 0 Å². The largest absolute Gasteiger partial charge is 0.387 e. The maximum Gasteiger partial charge on any atom is 0.340 e. The summed E-state index contributed by atoms with van der Waals surface area (Å²) in [7, 11) is -19.6. The molecular formula is C19H23ClF5N5O9P2S. The number of rotatable bonds is 10. The highest BCUT2D eigenvalue weighted by molar-refractivity contribution is 8.45. The van der Waals surface area contributed by atoms with Gasteiger partial charge >= 0.3 is 25.4 Å². The molecular weight excluding hydrogens is 667 g/mol. The van der Waals surface area contributed by atoms with E-state index in [-0.39, 0.29) is 39.8 Å². The lowest BCUT2D eigenvalue weighted by molar-refractivity contribution is -0.0541. The van der Waals surface area contributed by atoms with Crippen molar-refractivity contribution in [2.75, 3.05) is 17.8 Å². The normalized spacial score (nSPS) is 25.5. The van der Waals surface area contributed by atoms with Gasteiger partial charge in [0, 0.05) is 6.04 Å². The van der Waals surface area contributed by atoms with E-state index >= 15 is 0 Å². The SMILES string of the molecule is C[C@@H](Nc1nc(Cl)nc2c1cnn2C1OC(COP(=O)(O)CP(=O)(O)O)C(O)C1O)c1ccc(S(F)(F)(F)(F)F)cc1. The molecule has 0 bridgehead atoms. The molecule has 0 spiro atoms. The number of aliphatic hydroxyl groups excluding tert-OH is 2. The lowest BCUT2D eigenvalue weighted by Crippen LogP contribution is -2.33. The van der Waals surface area contributed by atoms with E-state index in [0.717, 1.165) is 16.8 Å². The molecule has 6 atom stereocenters. The maximum absolute atomic E-state index is 13.0. The summed E-state index contributed by atoms with van der Waals surface area (Å²) in [6.45, 7) is 0.653. The van der Waals surface area contributed by atoms with E-state index in [0.29, 0.717) is 0 Å². The standard InChI is InChI=1S/C19H23ClF5N5O9P2S/c1-9(10-2-4-11(5-3-10)42(21,22,23,24)25)27-16-12-6-26-30(17(12)29-19(20)28-16)18-15(32)14(31)13(39-18)7-38-41(36,37)8-40(33,34)35/h2-6,9,13-15,18,31-32H,7-8H2,1H3,(H,36,37)(H,27,28,29)(H2,33,34,35)/t9-,13?,14?,15?,18?/m1/s1. The van der Waals surface area contributed by atoms with E-state index in [1.54, 1.807) is 0 Å². The van der Waals surface area contributed by atoms with Gasteiger partial charge in [0.25, 0.3) is 0 Å². The van der Waals surface area contributed by atoms with Crippen LogP contribution in [-0.4, -0.2) is 75.5 Å². The molecule has 1 saturated heterocycles. The Morgan fingerprint density at radius 1 is 1.10 bits per heavy atom. The van der Waals surface area contributed by atoms with Crippen molar-refractivity contribution in [3.63, 3.8) is 0 Å². The summed E-state index contributed by atoms with van der Waals surface area (Å²) >= 11 is 6.03. The molecule has 3 aromatic rings. The number of aromatic nitrogens is 4. The van der Waals surface area contributed by atoms with Crippen molar-refractivity contribution < 1.29 is 62.7 Å². The van der Waals surface area contributed by atoms with Gasteiger partial charge in [-0.05, 0) is 36.2 Å². The summed E-state index contributed by atoms with van der Waals surface area (Å²) < 4.78 is 99.3. The lowest BCUT2D eigenvalue weighted by atomic mass is 10.1. The first-order valence-corrected chi connectivity index (χ1v) is 17.4. The van der Waals surface area contributed by atoms with Gasteiger partial charge in [-0.3, -0.25) is 9.13 Å². The molecule has 0 saturated carbocycles. The average molecular weight is 690 g/mol. The van der Waals surface area contributed by atoms with Crippen molar-refractivity contribution in [2.45, 2.75) is 42.4 Å². The number of hydrogen-bond donors (Lipinski definition) is 6. The Bertz CT molecular complexity index is 1600.